The minimum Gasteiger partial charge on any atom is -0.496 e. The molecule has 1 heterocycles. The number of nitrogens with one attached hydrogen (secondary N) is 2. The molecule has 0 saturated heterocycles. The normalized spacial score (nSPS) is 11.7. The average molecular weight is 394 g/mol. The highest BCUT2D eigenvalue weighted by Crippen LogP contribution is 2.17. The second-order valence-corrected chi connectivity index (χ2v) is 7.63. The highest BCUT2D eigenvalue weighted by atomic mass is 32.2. The quantitative estimate of drug-likeness (QED) is 0.685. The summed E-state index contributed by atoms with van der Waals surface area (Å²) in [5.41, 5.74) is 1.23. The Balaban J connectivity index is 2.03. The van der Waals surface area contributed by atoms with Crippen LogP contribution >= 0.6 is 23.1 Å². The third-order valence-electron chi connectivity index (χ3n) is 3.69. The summed E-state index contributed by atoms with van der Waals surface area (Å²) in [6, 6.07) is 6.34. The van der Waals surface area contributed by atoms with Crippen LogP contribution in [0.3, 0.4) is 0 Å². The van der Waals surface area contributed by atoms with Gasteiger partial charge in [0.2, 0.25) is 5.91 Å². The Hall–Kier alpha value is -2.06. The van der Waals surface area contributed by atoms with E-state index in [-0.39, 0.29) is 11.8 Å². The molecular formula is C18H23N3O3S2. The number of carbonyl (C=O) groups excluding carboxylic acids is 2. The van der Waals surface area contributed by atoms with Crippen LogP contribution in [0.1, 0.15) is 27.5 Å². The number of hydrogen-bond acceptors (Lipinski definition) is 6. The summed E-state index contributed by atoms with van der Waals surface area (Å²) in [4.78, 5) is 29.5. The Morgan fingerprint density at radius 1 is 1.35 bits per heavy atom. The third kappa shape index (κ3) is 5.74. The number of para-hydroxylation sites is 1. The molecule has 2 amide bonds. The van der Waals surface area contributed by atoms with Crippen molar-refractivity contribution in [1.82, 2.24) is 15.6 Å². The van der Waals surface area contributed by atoms with Crippen molar-refractivity contribution in [3.63, 3.8) is 0 Å². The Morgan fingerprint density at radius 2 is 2.12 bits per heavy atom. The van der Waals surface area contributed by atoms with Gasteiger partial charge in [-0.15, -0.1) is 11.3 Å². The zero-order valence-electron chi connectivity index (χ0n) is 15.1. The summed E-state index contributed by atoms with van der Waals surface area (Å²) in [5, 5.41) is 8.55. The maximum absolute atomic E-state index is 12.6. The zero-order chi connectivity index (χ0) is 18.9. The van der Waals surface area contributed by atoms with Gasteiger partial charge in [0.05, 0.1) is 29.9 Å². The van der Waals surface area contributed by atoms with E-state index in [1.54, 1.807) is 47.4 Å². The molecule has 0 radical (unpaired) electrons. The minimum absolute atomic E-state index is 0.215. The van der Waals surface area contributed by atoms with E-state index in [4.69, 9.17) is 4.74 Å². The highest BCUT2D eigenvalue weighted by molar-refractivity contribution is 7.98. The molecule has 8 heteroatoms. The summed E-state index contributed by atoms with van der Waals surface area (Å²) in [6.07, 6.45) is 2.51. The van der Waals surface area contributed by atoms with Crippen molar-refractivity contribution in [2.24, 2.45) is 0 Å². The van der Waals surface area contributed by atoms with Gasteiger partial charge in [0.1, 0.15) is 11.8 Å². The lowest BCUT2D eigenvalue weighted by atomic mass is 10.1. The second kappa shape index (κ2) is 10.2. The van der Waals surface area contributed by atoms with Crippen molar-refractivity contribution in [3.8, 4) is 5.75 Å². The molecule has 0 aliphatic heterocycles. The molecule has 0 aliphatic carbocycles. The first-order valence-electron chi connectivity index (χ1n) is 8.16. The predicted molar refractivity (Wildman–Crippen MR) is 106 cm³/mol. The number of thiazole rings is 1. The molecule has 26 heavy (non-hydrogen) atoms. The number of methoxy groups -OCH3 is 1. The topological polar surface area (TPSA) is 80.3 Å². The van der Waals surface area contributed by atoms with Crippen molar-refractivity contribution in [2.75, 3.05) is 19.1 Å². The van der Waals surface area contributed by atoms with Gasteiger partial charge < -0.3 is 15.4 Å². The molecular weight excluding hydrogens is 370 g/mol. The SMILES string of the molecule is COc1ccccc1C(=O)NC(CCSC)C(=O)NCc1csc(C)n1. The van der Waals surface area contributed by atoms with E-state index in [9.17, 15) is 9.59 Å². The molecule has 2 rings (SSSR count). The maximum atomic E-state index is 12.6. The summed E-state index contributed by atoms with van der Waals surface area (Å²) in [7, 11) is 1.51. The van der Waals surface area contributed by atoms with Crippen molar-refractivity contribution >= 4 is 34.9 Å². The first-order valence-corrected chi connectivity index (χ1v) is 10.4. The fourth-order valence-corrected chi connectivity index (χ4v) is 3.45. The Morgan fingerprint density at radius 3 is 2.77 bits per heavy atom. The lowest BCUT2D eigenvalue weighted by Crippen LogP contribution is -2.47. The second-order valence-electron chi connectivity index (χ2n) is 5.58. The van der Waals surface area contributed by atoms with Crippen LogP contribution < -0.4 is 15.4 Å². The number of rotatable bonds is 9. The van der Waals surface area contributed by atoms with Crippen molar-refractivity contribution < 1.29 is 14.3 Å². The Labute approximate surface area is 161 Å². The third-order valence-corrected chi connectivity index (χ3v) is 5.16. The van der Waals surface area contributed by atoms with Gasteiger partial charge in [-0.25, -0.2) is 4.98 Å². The van der Waals surface area contributed by atoms with Crippen molar-refractivity contribution in [2.45, 2.75) is 25.9 Å². The van der Waals surface area contributed by atoms with E-state index in [1.807, 2.05) is 18.6 Å². The molecule has 0 bridgehead atoms. The molecule has 1 aromatic carbocycles. The number of thioether (sulfide) groups is 1. The van der Waals surface area contributed by atoms with Crippen molar-refractivity contribution in [3.05, 3.63) is 45.9 Å². The van der Waals surface area contributed by atoms with Gasteiger partial charge in [0.25, 0.3) is 5.91 Å². The summed E-state index contributed by atoms with van der Waals surface area (Å²) in [5.74, 6) is 0.702. The van der Waals surface area contributed by atoms with Gasteiger partial charge in [0.15, 0.2) is 0 Å². The van der Waals surface area contributed by atoms with Gasteiger partial charge in [0, 0.05) is 5.38 Å². The monoisotopic (exact) mass is 393 g/mol. The summed E-state index contributed by atoms with van der Waals surface area (Å²) < 4.78 is 5.22. The van der Waals surface area contributed by atoms with Gasteiger partial charge in [-0.1, -0.05) is 12.1 Å². The molecule has 0 aliphatic rings. The molecule has 140 valence electrons. The molecule has 2 N–H and O–H groups in total. The van der Waals surface area contributed by atoms with Crippen LogP contribution in [0.4, 0.5) is 0 Å². The highest BCUT2D eigenvalue weighted by Gasteiger charge is 2.22. The number of ether oxygens (including phenoxy) is 1. The number of amides is 2. The zero-order valence-corrected chi connectivity index (χ0v) is 16.7. The van der Waals surface area contributed by atoms with E-state index in [1.165, 1.54) is 7.11 Å². The summed E-state index contributed by atoms with van der Waals surface area (Å²) in [6.45, 7) is 2.27. The largest absolute Gasteiger partial charge is 0.496 e. The number of benzene rings is 1. The molecule has 0 spiro atoms. The van der Waals surface area contributed by atoms with Gasteiger partial charge in [-0.3, -0.25) is 9.59 Å². The lowest BCUT2D eigenvalue weighted by molar-refractivity contribution is -0.123. The fourth-order valence-electron chi connectivity index (χ4n) is 2.36. The van der Waals surface area contributed by atoms with Gasteiger partial charge in [-0.2, -0.15) is 11.8 Å². The average Bonchev–Trinajstić information content (AvgIpc) is 3.08. The fraction of sp³-hybridized carbons (Fsp3) is 0.389. The van der Waals surface area contributed by atoms with E-state index in [0.717, 1.165) is 16.5 Å². The standard InChI is InChI=1S/C18H23N3O3S2/c1-12-20-13(11-26-12)10-19-18(23)15(8-9-25-3)21-17(22)14-6-4-5-7-16(14)24-2/h4-7,11,15H,8-10H2,1-3H3,(H,19,23)(H,21,22). The molecule has 0 fully saturated rings. The van der Waals surface area contributed by atoms with Gasteiger partial charge >= 0.3 is 0 Å². The minimum atomic E-state index is -0.611. The van der Waals surface area contributed by atoms with E-state index >= 15 is 0 Å². The van der Waals surface area contributed by atoms with E-state index in [2.05, 4.69) is 15.6 Å². The first-order chi connectivity index (χ1) is 12.5. The molecule has 1 atom stereocenters. The van der Waals surface area contributed by atoms with Crippen LogP contribution in [-0.4, -0.2) is 42.0 Å². The van der Waals surface area contributed by atoms with Crippen LogP contribution in [0.2, 0.25) is 0 Å². The number of nitrogens with zero attached hydrogens (tertiary/aromatic N) is 1. The lowest BCUT2D eigenvalue weighted by Gasteiger charge is -2.18. The Bertz CT molecular complexity index is 749. The molecule has 2 aromatic rings. The first kappa shape index (κ1) is 20.3. The number of hydrogen-bond donors (Lipinski definition) is 2. The molecule has 1 unspecified atom stereocenters. The van der Waals surface area contributed by atoms with E-state index < -0.39 is 6.04 Å². The van der Waals surface area contributed by atoms with Crippen LogP contribution in [-0.2, 0) is 11.3 Å². The summed E-state index contributed by atoms with van der Waals surface area (Å²) >= 11 is 3.17. The smallest absolute Gasteiger partial charge is 0.255 e. The van der Waals surface area contributed by atoms with E-state index in [0.29, 0.717) is 24.3 Å². The van der Waals surface area contributed by atoms with Crippen LogP contribution in [0, 0.1) is 6.92 Å². The van der Waals surface area contributed by atoms with Crippen molar-refractivity contribution in [1.29, 1.82) is 0 Å². The predicted octanol–water partition coefficient (Wildman–Crippen LogP) is 2.63. The van der Waals surface area contributed by atoms with Crippen LogP contribution in [0.15, 0.2) is 29.6 Å². The maximum Gasteiger partial charge on any atom is 0.255 e. The van der Waals surface area contributed by atoms with Crippen LogP contribution in [0.25, 0.3) is 0 Å². The number of aryl methyl sites for hydroxylation is 1. The number of carbonyl (C=O) groups is 2. The van der Waals surface area contributed by atoms with Crippen LogP contribution in [0.5, 0.6) is 5.75 Å². The Kier molecular flexibility index (Phi) is 7.93. The number of aromatic nitrogens is 1. The van der Waals surface area contributed by atoms with Gasteiger partial charge in [-0.05, 0) is 37.5 Å². The molecule has 6 nitrogen and oxygen atoms in total. The molecule has 0 saturated carbocycles. The molecule has 1 aromatic heterocycles.